The lowest BCUT2D eigenvalue weighted by Crippen LogP contribution is -2.32. The van der Waals surface area contributed by atoms with Gasteiger partial charge in [-0.05, 0) is 61.7 Å². The van der Waals surface area contributed by atoms with Crippen molar-refractivity contribution in [3.63, 3.8) is 0 Å². The van der Waals surface area contributed by atoms with E-state index < -0.39 is 23.0 Å². The van der Waals surface area contributed by atoms with E-state index in [1.165, 1.54) is 6.20 Å². The van der Waals surface area contributed by atoms with E-state index in [9.17, 15) is 18.4 Å². The number of anilines is 2. The standard InChI is InChI=1S/C36H37F2N5O3/c1-25-18-29(23-30(19-25)46-17-11-6-4-5-8-14-42-15-9-7-10-16-42)43-24-32(36(45)39-28-21-26(37)20-27(38)22-28)34(44)31-12-13-33(41(2)3)40-35(31)43/h7,9-10,12-13,15-16,18-24H,4-6,8,11,14,17H2,1-3H3/p+1. The van der Waals surface area contributed by atoms with Crippen molar-refractivity contribution in [1.29, 1.82) is 0 Å². The molecule has 0 bridgehead atoms. The quantitative estimate of drug-likeness (QED) is 0.118. The molecule has 0 aliphatic rings. The lowest BCUT2D eigenvalue weighted by atomic mass is 10.1. The normalized spacial score (nSPS) is 11.1. The number of ether oxygens (including phenoxy) is 1. The van der Waals surface area contributed by atoms with Crippen LogP contribution < -0.4 is 24.9 Å². The van der Waals surface area contributed by atoms with Gasteiger partial charge in [-0.15, -0.1) is 0 Å². The number of rotatable bonds is 13. The SMILES string of the molecule is Cc1cc(OCCCCCCC[n+]2ccccc2)cc(-n2cc(C(=O)Nc3cc(F)cc(F)c3)c(=O)c3ccc(N(C)C)nc32)c1. The first-order valence-corrected chi connectivity index (χ1v) is 15.4. The average molecular weight is 627 g/mol. The summed E-state index contributed by atoms with van der Waals surface area (Å²) in [4.78, 5) is 33.4. The zero-order chi connectivity index (χ0) is 32.6. The number of hydrogen-bond donors (Lipinski definition) is 1. The minimum absolute atomic E-state index is 0.101. The molecule has 46 heavy (non-hydrogen) atoms. The van der Waals surface area contributed by atoms with Gasteiger partial charge in [-0.3, -0.25) is 9.59 Å². The zero-order valence-corrected chi connectivity index (χ0v) is 26.3. The molecule has 1 amide bonds. The van der Waals surface area contributed by atoms with Gasteiger partial charge < -0.3 is 19.5 Å². The van der Waals surface area contributed by atoms with Crippen LogP contribution in [0.15, 0.2) is 90.1 Å². The maximum atomic E-state index is 13.8. The highest BCUT2D eigenvalue weighted by Crippen LogP contribution is 2.25. The van der Waals surface area contributed by atoms with Crippen LogP contribution in [0.3, 0.4) is 0 Å². The maximum Gasteiger partial charge on any atom is 0.261 e. The van der Waals surface area contributed by atoms with Gasteiger partial charge in [-0.25, -0.2) is 18.3 Å². The van der Waals surface area contributed by atoms with Gasteiger partial charge in [0.15, 0.2) is 18.0 Å². The number of aryl methyl sites for hydroxylation is 2. The van der Waals surface area contributed by atoms with Crippen molar-refractivity contribution in [3.8, 4) is 11.4 Å². The van der Waals surface area contributed by atoms with Crippen LogP contribution in [0.2, 0.25) is 0 Å². The number of unbranched alkanes of at least 4 members (excludes halogenated alkanes) is 4. The molecule has 238 valence electrons. The molecule has 1 N–H and O–H groups in total. The number of aromatic nitrogens is 3. The van der Waals surface area contributed by atoms with Crippen LogP contribution in [0.4, 0.5) is 20.3 Å². The van der Waals surface area contributed by atoms with Crippen LogP contribution in [0, 0.1) is 18.6 Å². The van der Waals surface area contributed by atoms with Gasteiger partial charge in [-0.2, -0.15) is 0 Å². The fourth-order valence-corrected chi connectivity index (χ4v) is 5.28. The number of benzene rings is 2. The number of amides is 1. The van der Waals surface area contributed by atoms with E-state index in [-0.39, 0.29) is 16.6 Å². The lowest BCUT2D eigenvalue weighted by Gasteiger charge is -2.17. The molecule has 5 rings (SSSR count). The van der Waals surface area contributed by atoms with Crippen molar-refractivity contribution < 1.29 is 22.9 Å². The molecule has 10 heteroatoms. The Morgan fingerprint density at radius 1 is 0.935 bits per heavy atom. The Morgan fingerprint density at radius 2 is 1.65 bits per heavy atom. The Morgan fingerprint density at radius 3 is 2.39 bits per heavy atom. The molecule has 0 aliphatic heterocycles. The first-order chi connectivity index (χ1) is 22.2. The van der Waals surface area contributed by atoms with E-state index in [1.54, 1.807) is 16.7 Å². The van der Waals surface area contributed by atoms with Crippen LogP contribution in [0.25, 0.3) is 16.7 Å². The second-order valence-corrected chi connectivity index (χ2v) is 11.5. The fourth-order valence-electron chi connectivity index (χ4n) is 5.28. The number of nitrogens with zero attached hydrogens (tertiary/aromatic N) is 4. The van der Waals surface area contributed by atoms with Gasteiger partial charge in [0.1, 0.15) is 35.3 Å². The van der Waals surface area contributed by atoms with Crippen LogP contribution >= 0.6 is 0 Å². The third-order valence-electron chi connectivity index (χ3n) is 7.58. The van der Waals surface area contributed by atoms with E-state index in [0.29, 0.717) is 35.6 Å². The molecule has 0 atom stereocenters. The van der Waals surface area contributed by atoms with Crippen molar-refractivity contribution in [2.45, 2.75) is 45.6 Å². The summed E-state index contributed by atoms with van der Waals surface area (Å²) in [6.07, 6.45) is 11.0. The summed E-state index contributed by atoms with van der Waals surface area (Å²) in [5.74, 6) is -1.21. The monoisotopic (exact) mass is 626 g/mol. The van der Waals surface area contributed by atoms with E-state index in [1.807, 2.05) is 62.3 Å². The molecule has 0 saturated heterocycles. The van der Waals surface area contributed by atoms with E-state index in [2.05, 4.69) is 22.3 Å². The third-order valence-corrected chi connectivity index (χ3v) is 7.58. The molecular formula is C36H38F2N5O3+. The van der Waals surface area contributed by atoms with Gasteiger partial charge in [0, 0.05) is 56.7 Å². The summed E-state index contributed by atoms with van der Waals surface area (Å²) in [6, 6.07) is 17.8. The molecular weight excluding hydrogens is 588 g/mol. The Kier molecular flexibility index (Phi) is 10.4. The summed E-state index contributed by atoms with van der Waals surface area (Å²) >= 11 is 0. The Hall–Kier alpha value is -5.12. The average Bonchev–Trinajstić information content (AvgIpc) is 3.02. The van der Waals surface area contributed by atoms with Crippen molar-refractivity contribution in [1.82, 2.24) is 9.55 Å². The number of carbonyl (C=O) groups excluding carboxylic acids is 1. The molecule has 3 heterocycles. The molecule has 0 aliphatic carbocycles. The predicted molar refractivity (Wildman–Crippen MR) is 176 cm³/mol. The van der Waals surface area contributed by atoms with Gasteiger partial charge in [0.25, 0.3) is 5.91 Å². The topological polar surface area (TPSA) is 80.3 Å². The van der Waals surface area contributed by atoms with Crippen LogP contribution in [0.5, 0.6) is 5.75 Å². The van der Waals surface area contributed by atoms with Crippen LogP contribution in [0.1, 0.15) is 48.0 Å². The highest BCUT2D eigenvalue weighted by Gasteiger charge is 2.19. The molecule has 0 unspecified atom stereocenters. The number of hydrogen-bond acceptors (Lipinski definition) is 5. The van der Waals surface area contributed by atoms with Gasteiger partial charge in [0.2, 0.25) is 5.43 Å². The minimum Gasteiger partial charge on any atom is -0.494 e. The van der Waals surface area contributed by atoms with Gasteiger partial charge in [0.05, 0.1) is 17.7 Å². The summed E-state index contributed by atoms with van der Waals surface area (Å²) in [6.45, 7) is 3.51. The molecule has 2 aromatic carbocycles. The first-order valence-electron chi connectivity index (χ1n) is 15.4. The molecule has 0 spiro atoms. The number of carbonyl (C=O) groups is 1. The maximum absolute atomic E-state index is 13.8. The molecule has 3 aromatic heterocycles. The molecule has 0 saturated carbocycles. The Labute approximate surface area is 266 Å². The zero-order valence-electron chi connectivity index (χ0n) is 26.3. The third kappa shape index (κ3) is 8.12. The molecule has 8 nitrogen and oxygen atoms in total. The smallest absolute Gasteiger partial charge is 0.261 e. The first kappa shape index (κ1) is 32.3. The second-order valence-electron chi connectivity index (χ2n) is 11.5. The van der Waals surface area contributed by atoms with Gasteiger partial charge in [-0.1, -0.05) is 18.9 Å². The number of pyridine rings is 3. The summed E-state index contributed by atoms with van der Waals surface area (Å²) in [5, 5.41) is 2.67. The summed E-state index contributed by atoms with van der Waals surface area (Å²) in [7, 11) is 3.69. The number of halogens is 2. The van der Waals surface area contributed by atoms with Crippen LogP contribution in [-0.2, 0) is 6.54 Å². The molecule has 0 radical (unpaired) electrons. The van der Waals surface area contributed by atoms with Crippen molar-refractivity contribution in [2.24, 2.45) is 0 Å². The van der Waals surface area contributed by atoms with Crippen LogP contribution in [-0.4, -0.2) is 36.2 Å². The van der Waals surface area contributed by atoms with Gasteiger partial charge >= 0.3 is 0 Å². The highest BCUT2D eigenvalue weighted by atomic mass is 19.1. The van der Waals surface area contributed by atoms with Crippen molar-refractivity contribution in [2.75, 3.05) is 30.9 Å². The summed E-state index contributed by atoms with van der Waals surface area (Å²) < 4.78 is 37.6. The number of fused-ring (bicyclic) bond motifs is 1. The Bertz CT molecular complexity index is 1870. The fraction of sp³-hybridized carbons (Fsp3) is 0.278. The largest absolute Gasteiger partial charge is 0.494 e. The van der Waals surface area contributed by atoms with E-state index >= 15 is 0 Å². The highest BCUT2D eigenvalue weighted by molar-refractivity contribution is 6.05. The minimum atomic E-state index is -0.846. The van der Waals surface area contributed by atoms with Crippen molar-refractivity contribution in [3.05, 3.63) is 118 Å². The summed E-state index contributed by atoms with van der Waals surface area (Å²) in [5.41, 5.74) is 1.07. The van der Waals surface area contributed by atoms with E-state index in [4.69, 9.17) is 9.72 Å². The van der Waals surface area contributed by atoms with E-state index in [0.717, 1.165) is 56.3 Å². The lowest BCUT2D eigenvalue weighted by molar-refractivity contribution is -0.697. The Balaban J connectivity index is 1.35. The second kappa shape index (κ2) is 14.8. The molecule has 5 aromatic rings. The number of nitrogens with one attached hydrogen (secondary N) is 1. The van der Waals surface area contributed by atoms with Crippen molar-refractivity contribution >= 4 is 28.4 Å². The molecule has 0 fully saturated rings. The predicted octanol–water partition coefficient (Wildman–Crippen LogP) is 6.61.